The summed E-state index contributed by atoms with van der Waals surface area (Å²) in [6.07, 6.45) is 5.51. The monoisotopic (exact) mass is 307 g/mol. The molecule has 1 aliphatic carbocycles. The summed E-state index contributed by atoms with van der Waals surface area (Å²) in [5, 5.41) is 12.4. The first-order valence-electron chi connectivity index (χ1n) is 7.09. The lowest BCUT2D eigenvalue weighted by Gasteiger charge is -2.40. The Hall–Kier alpha value is -1.76. The molecule has 1 amide bonds. The van der Waals surface area contributed by atoms with Crippen LogP contribution >= 0.6 is 11.8 Å². The number of carbonyl (C=O) groups excluding carboxylic acids is 1. The van der Waals surface area contributed by atoms with E-state index < -0.39 is 4.92 Å². The maximum atomic E-state index is 12.2. The van der Waals surface area contributed by atoms with Crippen molar-refractivity contribution in [2.24, 2.45) is 0 Å². The van der Waals surface area contributed by atoms with Crippen LogP contribution in [0.25, 0.3) is 0 Å². The molecule has 0 bridgehead atoms. The number of amides is 1. The summed E-state index contributed by atoms with van der Waals surface area (Å²) < 4.78 is 0. The van der Waals surface area contributed by atoms with Crippen LogP contribution in [0.4, 0.5) is 11.4 Å². The molecule has 1 saturated heterocycles. The molecule has 3 rings (SSSR count). The molecule has 7 heteroatoms. The average Bonchev–Trinajstić information content (AvgIpc) is 2.78. The van der Waals surface area contributed by atoms with Crippen LogP contribution in [0.15, 0.2) is 24.3 Å². The number of non-ortho nitro benzene ring substituents is 1. The fourth-order valence-corrected chi connectivity index (χ4v) is 4.35. The molecule has 1 heterocycles. The van der Waals surface area contributed by atoms with Gasteiger partial charge in [0.1, 0.15) is 4.87 Å². The van der Waals surface area contributed by atoms with Crippen LogP contribution in [0.2, 0.25) is 0 Å². The van der Waals surface area contributed by atoms with Gasteiger partial charge in [-0.15, -0.1) is 11.8 Å². The zero-order valence-electron chi connectivity index (χ0n) is 11.6. The number of nitro benzene ring substituents is 1. The van der Waals surface area contributed by atoms with Gasteiger partial charge in [0.15, 0.2) is 0 Å². The Morgan fingerprint density at radius 3 is 2.48 bits per heavy atom. The lowest BCUT2D eigenvalue weighted by Crippen LogP contribution is -2.48. The highest BCUT2D eigenvalue weighted by atomic mass is 32.2. The molecule has 0 atom stereocenters. The van der Waals surface area contributed by atoms with E-state index in [9.17, 15) is 14.9 Å². The van der Waals surface area contributed by atoms with Crippen molar-refractivity contribution in [3.8, 4) is 0 Å². The predicted molar refractivity (Wildman–Crippen MR) is 81.8 cm³/mol. The largest absolute Gasteiger partial charge is 0.295 e. The molecule has 1 saturated carbocycles. The number of nitrogens with zero attached hydrogens (tertiary/aromatic N) is 2. The Morgan fingerprint density at radius 1 is 1.19 bits per heavy atom. The van der Waals surface area contributed by atoms with Crippen LogP contribution in [0.3, 0.4) is 0 Å². The summed E-state index contributed by atoms with van der Waals surface area (Å²) in [4.78, 5) is 22.3. The second-order valence-corrected chi connectivity index (χ2v) is 6.78. The molecular weight excluding hydrogens is 290 g/mol. The molecule has 2 fully saturated rings. The minimum Gasteiger partial charge on any atom is -0.295 e. The molecule has 1 aromatic carbocycles. The van der Waals surface area contributed by atoms with Gasteiger partial charge in [-0.2, -0.15) is 0 Å². The lowest BCUT2D eigenvalue weighted by atomic mass is 9.94. The van der Waals surface area contributed by atoms with Crippen LogP contribution in [-0.2, 0) is 4.79 Å². The number of hydrogen-bond donors (Lipinski definition) is 1. The smallest absolute Gasteiger partial charge is 0.269 e. The van der Waals surface area contributed by atoms with Gasteiger partial charge < -0.3 is 0 Å². The van der Waals surface area contributed by atoms with Crippen molar-refractivity contribution >= 4 is 29.0 Å². The van der Waals surface area contributed by atoms with Gasteiger partial charge in [-0.3, -0.25) is 20.3 Å². The van der Waals surface area contributed by atoms with Gasteiger partial charge in [0, 0.05) is 12.1 Å². The maximum Gasteiger partial charge on any atom is 0.269 e. The Morgan fingerprint density at radius 2 is 1.86 bits per heavy atom. The SMILES string of the molecule is O=C1CSC2(CCCCC2)N1Nc1ccc([N+](=O)[O-])cc1. The molecule has 1 aliphatic heterocycles. The zero-order valence-corrected chi connectivity index (χ0v) is 12.4. The van der Waals surface area contributed by atoms with Crippen molar-refractivity contribution < 1.29 is 9.72 Å². The van der Waals surface area contributed by atoms with E-state index in [2.05, 4.69) is 5.43 Å². The number of nitrogens with one attached hydrogen (secondary N) is 1. The van der Waals surface area contributed by atoms with Gasteiger partial charge in [-0.25, -0.2) is 5.01 Å². The third-order valence-electron chi connectivity index (χ3n) is 4.08. The number of rotatable bonds is 3. The highest BCUT2D eigenvalue weighted by Gasteiger charge is 2.47. The quantitative estimate of drug-likeness (QED) is 0.685. The highest BCUT2D eigenvalue weighted by molar-refractivity contribution is 8.01. The highest BCUT2D eigenvalue weighted by Crippen LogP contribution is 2.46. The molecule has 6 nitrogen and oxygen atoms in total. The van der Waals surface area contributed by atoms with E-state index in [4.69, 9.17) is 0 Å². The van der Waals surface area contributed by atoms with E-state index in [-0.39, 0.29) is 16.5 Å². The third-order valence-corrected chi connectivity index (χ3v) is 5.59. The first-order chi connectivity index (χ1) is 10.1. The number of carbonyl (C=O) groups is 1. The number of benzene rings is 1. The molecule has 2 aliphatic rings. The van der Waals surface area contributed by atoms with E-state index >= 15 is 0 Å². The van der Waals surface area contributed by atoms with Gasteiger partial charge in [-0.1, -0.05) is 19.3 Å². The Labute approximate surface area is 127 Å². The van der Waals surface area contributed by atoms with E-state index in [0.717, 1.165) is 25.7 Å². The maximum absolute atomic E-state index is 12.2. The number of anilines is 1. The van der Waals surface area contributed by atoms with E-state index in [1.54, 1.807) is 28.9 Å². The minimum absolute atomic E-state index is 0.0510. The second-order valence-electron chi connectivity index (χ2n) is 5.44. The van der Waals surface area contributed by atoms with Gasteiger partial charge in [0.25, 0.3) is 11.6 Å². The normalized spacial score (nSPS) is 20.8. The fraction of sp³-hybridized carbons (Fsp3) is 0.500. The summed E-state index contributed by atoms with van der Waals surface area (Å²) in [6.45, 7) is 0. The van der Waals surface area contributed by atoms with E-state index in [1.807, 2.05) is 0 Å². The van der Waals surface area contributed by atoms with Crippen LogP contribution in [0.5, 0.6) is 0 Å². The summed E-state index contributed by atoms with van der Waals surface area (Å²) >= 11 is 1.71. The molecule has 0 aromatic heterocycles. The van der Waals surface area contributed by atoms with Crippen molar-refractivity contribution in [2.45, 2.75) is 37.0 Å². The van der Waals surface area contributed by atoms with E-state index in [0.29, 0.717) is 11.4 Å². The number of nitro groups is 1. The molecule has 1 aromatic rings. The zero-order chi connectivity index (χ0) is 14.9. The molecule has 0 unspecified atom stereocenters. The summed E-state index contributed by atoms with van der Waals surface area (Å²) in [6, 6.07) is 6.18. The minimum atomic E-state index is -0.427. The molecular formula is C14H17N3O3S. The molecule has 1 N–H and O–H groups in total. The van der Waals surface area contributed by atoms with Crippen LogP contribution in [-0.4, -0.2) is 26.5 Å². The van der Waals surface area contributed by atoms with Gasteiger partial charge in [0.05, 0.1) is 16.4 Å². The second kappa shape index (κ2) is 5.55. The van der Waals surface area contributed by atoms with Crippen molar-refractivity contribution in [2.75, 3.05) is 11.2 Å². The van der Waals surface area contributed by atoms with Crippen LogP contribution < -0.4 is 5.43 Å². The van der Waals surface area contributed by atoms with Crippen molar-refractivity contribution in [1.82, 2.24) is 5.01 Å². The van der Waals surface area contributed by atoms with Crippen LogP contribution in [0.1, 0.15) is 32.1 Å². The van der Waals surface area contributed by atoms with Gasteiger partial charge in [-0.05, 0) is 25.0 Å². The van der Waals surface area contributed by atoms with Gasteiger partial charge >= 0.3 is 0 Å². The van der Waals surface area contributed by atoms with Crippen molar-refractivity contribution in [3.63, 3.8) is 0 Å². The summed E-state index contributed by atoms with van der Waals surface area (Å²) in [5.41, 5.74) is 3.92. The number of hydrazine groups is 1. The fourth-order valence-electron chi connectivity index (χ4n) is 2.98. The molecule has 0 radical (unpaired) electrons. The molecule has 112 valence electrons. The first-order valence-corrected chi connectivity index (χ1v) is 8.07. The lowest BCUT2D eigenvalue weighted by molar-refractivity contribution is -0.384. The third kappa shape index (κ3) is 2.70. The van der Waals surface area contributed by atoms with Gasteiger partial charge in [0.2, 0.25) is 0 Å². The Balaban J connectivity index is 1.78. The number of hydrogen-bond acceptors (Lipinski definition) is 5. The van der Waals surface area contributed by atoms with E-state index in [1.165, 1.54) is 18.6 Å². The average molecular weight is 307 g/mol. The summed E-state index contributed by atoms with van der Waals surface area (Å²) in [7, 11) is 0. The van der Waals surface area contributed by atoms with Crippen LogP contribution in [0, 0.1) is 10.1 Å². The topological polar surface area (TPSA) is 75.5 Å². The predicted octanol–water partition coefficient (Wildman–Crippen LogP) is 3.16. The summed E-state index contributed by atoms with van der Waals surface area (Å²) in [5.74, 6) is 0.584. The standard InChI is InChI=1S/C14H17N3O3S/c18-13-10-21-14(8-2-1-3-9-14)16(13)15-11-4-6-12(7-5-11)17(19)20/h4-7,15H,1-3,8-10H2. The Kier molecular flexibility index (Phi) is 3.75. The Bertz CT molecular complexity index is 555. The molecule has 21 heavy (non-hydrogen) atoms. The number of thioether (sulfide) groups is 1. The first kappa shape index (κ1) is 14.2. The van der Waals surface area contributed by atoms with Crippen molar-refractivity contribution in [3.05, 3.63) is 34.4 Å². The van der Waals surface area contributed by atoms with Crippen molar-refractivity contribution in [1.29, 1.82) is 0 Å². The molecule has 1 spiro atoms.